The van der Waals surface area contributed by atoms with E-state index in [9.17, 15) is 29.4 Å². The third-order valence-electron chi connectivity index (χ3n) is 17.8. The number of methoxy groups -OCH3 is 1. The Kier molecular flexibility index (Phi) is 29.3. The van der Waals surface area contributed by atoms with Gasteiger partial charge in [0.15, 0.2) is 0 Å². The van der Waals surface area contributed by atoms with Crippen molar-refractivity contribution in [1.82, 2.24) is 34.9 Å². The molecular formula is C69H103BrN10O7. The molecule has 2 atom stereocenters. The zero-order valence-electron chi connectivity index (χ0n) is 54.6. The number of hydrogen-bond acceptors (Lipinski definition) is 14. The number of aromatic amines is 2. The number of aromatic nitrogens is 2. The minimum absolute atomic E-state index is 0.0648. The fourth-order valence-corrected chi connectivity index (χ4v) is 13.3. The number of nitrogens with zero attached hydrogens (tertiary/aromatic N) is 6. The molecule has 478 valence electrons. The van der Waals surface area contributed by atoms with Crippen molar-refractivity contribution in [2.24, 2.45) is 5.73 Å². The van der Waals surface area contributed by atoms with E-state index in [1.165, 1.54) is 32.8 Å². The lowest BCUT2D eigenvalue weighted by atomic mass is 9.88. The number of amides is 1. The lowest BCUT2D eigenvalue weighted by Crippen LogP contribution is -2.42. The second-order valence-corrected chi connectivity index (χ2v) is 25.4. The highest BCUT2D eigenvalue weighted by atomic mass is 79.9. The monoisotopic (exact) mass is 1260 g/mol. The SMILES string of the molecule is C#CCN1CCC[C@H](O)C1.CCN(c1cc(Br)cc(C(=O)OC)c1C)C1CCC(N(C)C)CC1.CCN(c1cc(C#CCN2CCC[C@H](O)C2)cc(C(=O)NCc2c(C)cc(C)[nH]c2=O)c1C)C1CCC(N(C)C)CC1.Cc1cc(C)c(CN)c(=O)[nH]1. The number of likely N-dealkylation sites (tertiary alicyclic amines) is 2. The first kappa shape index (κ1) is 71.9. The van der Waals surface area contributed by atoms with Crippen molar-refractivity contribution in [3.8, 4) is 24.2 Å². The number of aryl methyl sites for hydroxylation is 4. The van der Waals surface area contributed by atoms with E-state index in [0.29, 0.717) is 72.6 Å². The molecule has 4 aliphatic rings. The molecule has 8 rings (SSSR count). The summed E-state index contributed by atoms with van der Waals surface area (Å²) in [6.07, 6.45) is 17.9. The van der Waals surface area contributed by atoms with Crippen molar-refractivity contribution in [2.75, 3.05) is 97.5 Å². The number of ether oxygens (including phenoxy) is 1. The number of nitrogens with two attached hydrogens (primary N) is 1. The molecule has 0 unspecified atom stereocenters. The first-order valence-electron chi connectivity index (χ1n) is 31.4. The molecule has 0 radical (unpaired) electrons. The highest BCUT2D eigenvalue weighted by Crippen LogP contribution is 2.36. The number of halogens is 1. The maximum Gasteiger partial charge on any atom is 0.338 e. The Balaban J connectivity index is 0.000000254. The lowest BCUT2D eigenvalue weighted by Gasteiger charge is -2.40. The van der Waals surface area contributed by atoms with E-state index in [0.717, 1.165) is 139 Å². The van der Waals surface area contributed by atoms with Crippen molar-refractivity contribution in [3.05, 3.63) is 123 Å². The highest BCUT2D eigenvalue weighted by molar-refractivity contribution is 9.10. The highest BCUT2D eigenvalue weighted by Gasteiger charge is 2.30. The molecule has 2 saturated carbocycles. The maximum atomic E-state index is 13.7. The van der Waals surface area contributed by atoms with E-state index in [1.54, 1.807) is 0 Å². The van der Waals surface area contributed by atoms with Crippen LogP contribution in [0.2, 0.25) is 0 Å². The van der Waals surface area contributed by atoms with Crippen LogP contribution in [-0.4, -0.2) is 176 Å². The van der Waals surface area contributed by atoms with Gasteiger partial charge in [-0.15, -0.1) is 6.42 Å². The van der Waals surface area contributed by atoms with Crippen LogP contribution in [0.15, 0.2) is 50.5 Å². The molecule has 2 aromatic carbocycles. The quantitative estimate of drug-likeness (QED) is 0.0488. The number of anilines is 2. The predicted octanol–water partition coefficient (Wildman–Crippen LogP) is 8.51. The van der Waals surface area contributed by atoms with Crippen LogP contribution in [0.1, 0.15) is 162 Å². The second kappa shape index (κ2) is 35.4. The number of terminal acetylenes is 1. The van der Waals surface area contributed by atoms with Gasteiger partial charge in [0.2, 0.25) is 0 Å². The number of carbonyl (C=O) groups is 2. The summed E-state index contributed by atoms with van der Waals surface area (Å²) < 4.78 is 5.86. The third-order valence-corrected chi connectivity index (χ3v) is 18.2. The first-order chi connectivity index (χ1) is 41.4. The second-order valence-electron chi connectivity index (χ2n) is 24.5. The number of hydrogen-bond donors (Lipinski definition) is 6. The number of carbonyl (C=O) groups excluding carboxylic acids is 2. The van der Waals surface area contributed by atoms with E-state index in [-0.39, 0.29) is 41.7 Å². The van der Waals surface area contributed by atoms with E-state index in [1.807, 2.05) is 65.8 Å². The van der Waals surface area contributed by atoms with Gasteiger partial charge in [0, 0.05) is 113 Å². The van der Waals surface area contributed by atoms with Crippen LogP contribution >= 0.6 is 15.9 Å². The Labute approximate surface area is 528 Å². The Morgan fingerprint density at radius 2 is 1.14 bits per heavy atom. The van der Waals surface area contributed by atoms with Crippen molar-refractivity contribution >= 4 is 39.2 Å². The van der Waals surface area contributed by atoms with Gasteiger partial charge in [0.25, 0.3) is 17.0 Å². The van der Waals surface area contributed by atoms with Gasteiger partial charge < -0.3 is 55.6 Å². The molecule has 4 aromatic rings. The van der Waals surface area contributed by atoms with E-state index in [4.69, 9.17) is 16.9 Å². The van der Waals surface area contributed by atoms with Crippen LogP contribution < -0.4 is 32.0 Å². The number of β-amino-alcohol motifs (C(OH)–C–C–N with tert-alkyl or cyclic N) is 2. The van der Waals surface area contributed by atoms with Gasteiger partial charge in [-0.05, 0) is 232 Å². The fourth-order valence-electron chi connectivity index (χ4n) is 12.8. The van der Waals surface area contributed by atoms with Crippen LogP contribution in [0.25, 0.3) is 0 Å². The van der Waals surface area contributed by atoms with Crippen molar-refractivity contribution < 1.29 is 24.5 Å². The summed E-state index contributed by atoms with van der Waals surface area (Å²) in [7, 11) is 10.1. The lowest BCUT2D eigenvalue weighted by molar-refractivity contribution is 0.0599. The Morgan fingerprint density at radius 1 is 0.678 bits per heavy atom. The third kappa shape index (κ3) is 21.2. The number of esters is 1. The molecule has 2 aromatic heterocycles. The summed E-state index contributed by atoms with van der Waals surface area (Å²) in [5.74, 6) is 8.72. The van der Waals surface area contributed by atoms with Gasteiger partial charge in [-0.2, -0.15) is 0 Å². The van der Waals surface area contributed by atoms with Gasteiger partial charge in [0.05, 0.1) is 38.0 Å². The number of pyridine rings is 2. The summed E-state index contributed by atoms with van der Waals surface area (Å²) in [6, 6.07) is 14.1. The molecule has 0 bridgehead atoms. The molecule has 4 fully saturated rings. The van der Waals surface area contributed by atoms with E-state index < -0.39 is 0 Å². The fraction of sp³-hybridized carbons (Fsp3) is 0.594. The van der Waals surface area contributed by atoms with Gasteiger partial charge in [-0.3, -0.25) is 24.2 Å². The number of H-pyrrole nitrogens is 2. The molecule has 87 heavy (non-hydrogen) atoms. The zero-order valence-corrected chi connectivity index (χ0v) is 56.2. The Morgan fingerprint density at radius 3 is 1.57 bits per heavy atom. The number of aliphatic hydroxyl groups excluding tert-OH is 2. The van der Waals surface area contributed by atoms with Crippen molar-refractivity contribution in [3.63, 3.8) is 0 Å². The topological polar surface area (TPSA) is 207 Å². The van der Waals surface area contributed by atoms with Gasteiger partial charge >= 0.3 is 5.97 Å². The molecule has 2 saturated heterocycles. The maximum absolute atomic E-state index is 13.7. The number of rotatable bonds is 15. The van der Waals surface area contributed by atoms with Gasteiger partial charge in [0.1, 0.15) is 0 Å². The van der Waals surface area contributed by atoms with Crippen LogP contribution in [-0.2, 0) is 17.8 Å². The smallest absolute Gasteiger partial charge is 0.338 e. The number of aliphatic hydroxyl groups is 2. The molecule has 18 heteroatoms. The molecule has 7 N–H and O–H groups in total. The average molecular weight is 1260 g/mol. The van der Waals surface area contributed by atoms with Gasteiger partial charge in [-0.1, -0.05) is 33.7 Å². The van der Waals surface area contributed by atoms with Crippen LogP contribution in [0, 0.1) is 65.7 Å². The van der Waals surface area contributed by atoms with Crippen LogP contribution in [0.4, 0.5) is 11.4 Å². The first-order valence-corrected chi connectivity index (χ1v) is 32.2. The number of benzene rings is 2. The summed E-state index contributed by atoms with van der Waals surface area (Å²) >= 11 is 3.55. The molecular weight excluding hydrogens is 1160 g/mol. The van der Waals surface area contributed by atoms with E-state index >= 15 is 0 Å². The van der Waals surface area contributed by atoms with Gasteiger partial charge in [-0.25, -0.2) is 4.79 Å². The summed E-state index contributed by atoms with van der Waals surface area (Å²) in [5.41, 5.74) is 16.1. The summed E-state index contributed by atoms with van der Waals surface area (Å²) in [6.45, 7) is 22.8. The van der Waals surface area contributed by atoms with Crippen molar-refractivity contribution in [2.45, 2.75) is 182 Å². The Bertz CT molecular complexity index is 3110. The normalized spacial score (nSPS) is 20.4. The summed E-state index contributed by atoms with van der Waals surface area (Å²) in [4.78, 5) is 68.9. The molecule has 1 amide bonds. The molecule has 2 aliphatic carbocycles. The summed E-state index contributed by atoms with van der Waals surface area (Å²) in [5, 5.41) is 22.2. The molecule has 0 spiro atoms. The number of nitrogens with one attached hydrogen (secondary N) is 3. The van der Waals surface area contributed by atoms with Crippen LogP contribution in [0.3, 0.4) is 0 Å². The zero-order chi connectivity index (χ0) is 64.1. The predicted molar refractivity (Wildman–Crippen MR) is 358 cm³/mol. The molecule has 4 heterocycles. The average Bonchev–Trinajstić information content (AvgIpc) is 1.94. The standard InChI is InChI=1S/C34H49N5O3.C19H29BrN2O2.C8H12N2O.C8H13NO/c1-7-39(28-14-12-27(13-15-28)37(5)6)32-20-26(10-8-16-38-17-9-11-29(40)22-38)19-30(25(32)4)33(41)35-21-31-23(2)18-24(3)36-34(31)42;1-6-22(16-9-7-15(8-10-16)21(3)4)18-12-14(20)11-17(13(18)2)19(23)24-5;1-5-3-6(2)10-8(11)7(5)4-9;1-2-5-9-6-3-4-8(10)7-9/h18-20,27-29,40H,7,9,11-17,21-22H2,1-6H3,(H,35,41)(H,36,42);11-12,15-16H,6-10H2,1-5H3;3H,4,9H2,1-2H3,(H,10,11);1,8,10H,3-7H2/t27?,28?,29-;;;8-/m0..0/s1. The van der Waals surface area contributed by atoms with E-state index in [2.05, 4.69) is 133 Å². The minimum Gasteiger partial charge on any atom is -0.465 e. The van der Waals surface area contributed by atoms with Crippen LogP contribution in [0.5, 0.6) is 0 Å². The molecule has 2 aliphatic heterocycles. The number of piperidine rings is 2. The Hall–Kier alpha value is -5.80. The molecule has 17 nitrogen and oxygen atoms in total. The minimum atomic E-state index is -0.285. The largest absolute Gasteiger partial charge is 0.465 e. The van der Waals surface area contributed by atoms with Crippen molar-refractivity contribution in [1.29, 1.82) is 0 Å².